The summed E-state index contributed by atoms with van der Waals surface area (Å²) in [5.74, 6) is 2.00. The molecule has 7 heteroatoms. The van der Waals surface area contributed by atoms with Crippen molar-refractivity contribution in [3.8, 4) is 17.1 Å². The molecular formula is C21H23N5O2. The molecule has 1 unspecified atom stereocenters. The van der Waals surface area contributed by atoms with Crippen LogP contribution >= 0.6 is 0 Å². The summed E-state index contributed by atoms with van der Waals surface area (Å²) in [5, 5.41) is 7.39. The Morgan fingerprint density at radius 3 is 2.93 bits per heavy atom. The summed E-state index contributed by atoms with van der Waals surface area (Å²) < 4.78 is 5.65. The second-order valence-corrected chi connectivity index (χ2v) is 6.93. The number of amides is 1. The number of likely N-dealkylation sites (tertiary alicyclic amines) is 1. The van der Waals surface area contributed by atoms with Crippen molar-refractivity contribution in [1.82, 2.24) is 25.1 Å². The van der Waals surface area contributed by atoms with Crippen LogP contribution in [0.25, 0.3) is 11.4 Å². The third kappa shape index (κ3) is 4.03. The van der Waals surface area contributed by atoms with Gasteiger partial charge in [0.1, 0.15) is 11.6 Å². The molecule has 1 atom stereocenters. The maximum Gasteiger partial charge on any atom is 0.261 e. The number of nitrogens with zero attached hydrogens (tertiary/aromatic N) is 4. The SMILES string of the molecule is Cc1cc(-c2n[nH]c(C3CCCCN3C(=O)COc3ccccc3)n2)ccn1. The smallest absolute Gasteiger partial charge is 0.261 e. The molecule has 0 radical (unpaired) electrons. The molecule has 3 aromatic rings. The van der Waals surface area contributed by atoms with Gasteiger partial charge in [0.2, 0.25) is 0 Å². The molecule has 1 aromatic carbocycles. The van der Waals surface area contributed by atoms with E-state index in [1.807, 2.05) is 54.3 Å². The Morgan fingerprint density at radius 1 is 1.25 bits per heavy atom. The van der Waals surface area contributed by atoms with Crippen LogP contribution < -0.4 is 4.74 Å². The molecule has 1 aliphatic rings. The van der Waals surface area contributed by atoms with Crippen LogP contribution in [0, 0.1) is 6.92 Å². The normalized spacial score (nSPS) is 16.8. The van der Waals surface area contributed by atoms with Crippen molar-refractivity contribution in [2.75, 3.05) is 13.2 Å². The molecular weight excluding hydrogens is 354 g/mol. The van der Waals surface area contributed by atoms with E-state index in [-0.39, 0.29) is 18.6 Å². The number of H-pyrrole nitrogens is 1. The first-order valence-corrected chi connectivity index (χ1v) is 9.53. The Bertz CT molecular complexity index is 941. The molecule has 0 bridgehead atoms. The molecule has 0 spiro atoms. The van der Waals surface area contributed by atoms with E-state index in [1.54, 1.807) is 6.20 Å². The van der Waals surface area contributed by atoms with Crippen molar-refractivity contribution in [2.24, 2.45) is 0 Å². The maximum atomic E-state index is 12.8. The standard InChI is InChI=1S/C21H23N5O2/c1-15-13-16(10-11-22-15)20-23-21(25-24-20)18-9-5-6-12-26(18)19(27)14-28-17-7-3-2-4-8-17/h2-4,7-8,10-11,13,18H,5-6,9,12,14H2,1H3,(H,23,24,25). The molecule has 0 aliphatic carbocycles. The molecule has 0 saturated carbocycles. The number of aromatic amines is 1. The minimum atomic E-state index is -0.107. The first-order chi connectivity index (χ1) is 13.7. The summed E-state index contributed by atoms with van der Waals surface area (Å²) in [6.45, 7) is 2.66. The second kappa shape index (κ2) is 8.21. The minimum Gasteiger partial charge on any atom is -0.484 e. The van der Waals surface area contributed by atoms with E-state index < -0.39 is 0 Å². The monoisotopic (exact) mass is 377 g/mol. The van der Waals surface area contributed by atoms with Gasteiger partial charge in [0.25, 0.3) is 5.91 Å². The van der Waals surface area contributed by atoms with Crippen LogP contribution in [-0.4, -0.2) is 44.1 Å². The predicted molar refractivity (Wildman–Crippen MR) is 105 cm³/mol. The Labute approximate surface area is 163 Å². The van der Waals surface area contributed by atoms with Gasteiger partial charge in [-0.3, -0.25) is 14.9 Å². The van der Waals surface area contributed by atoms with Crippen molar-refractivity contribution >= 4 is 5.91 Å². The van der Waals surface area contributed by atoms with E-state index in [2.05, 4.69) is 20.2 Å². The number of nitrogens with one attached hydrogen (secondary N) is 1. The number of piperidine rings is 1. The number of aromatic nitrogens is 4. The fourth-order valence-corrected chi connectivity index (χ4v) is 3.50. The molecule has 1 saturated heterocycles. The van der Waals surface area contributed by atoms with Crippen molar-refractivity contribution < 1.29 is 9.53 Å². The number of carbonyl (C=O) groups excluding carboxylic acids is 1. The van der Waals surface area contributed by atoms with Gasteiger partial charge in [-0.25, -0.2) is 4.98 Å². The number of aryl methyl sites for hydroxylation is 1. The number of hydrogen-bond donors (Lipinski definition) is 1. The van der Waals surface area contributed by atoms with Crippen LogP contribution in [0.5, 0.6) is 5.75 Å². The van der Waals surface area contributed by atoms with Gasteiger partial charge in [0.15, 0.2) is 12.4 Å². The van der Waals surface area contributed by atoms with E-state index in [4.69, 9.17) is 4.74 Å². The van der Waals surface area contributed by atoms with Crippen molar-refractivity contribution in [3.63, 3.8) is 0 Å². The quantitative estimate of drug-likeness (QED) is 0.737. The lowest BCUT2D eigenvalue weighted by Gasteiger charge is -2.34. The van der Waals surface area contributed by atoms with Crippen LogP contribution in [-0.2, 0) is 4.79 Å². The Morgan fingerprint density at radius 2 is 2.11 bits per heavy atom. The number of carbonyl (C=O) groups is 1. The molecule has 1 fully saturated rings. The topological polar surface area (TPSA) is 84.0 Å². The summed E-state index contributed by atoms with van der Waals surface area (Å²) in [5.41, 5.74) is 1.83. The predicted octanol–water partition coefficient (Wildman–Crippen LogP) is 3.31. The third-order valence-corrected chi connectivity index (χ3v) is 4.90. The van der Waals surface area contributed by atoms with Gasteiger partial charge in [-0.15, -0.1) is 0 Å². The van der Waals surface area contributed by atoms with Crippen molar-refractivity contribution in [2.45, 2.75) is 32.2 Å². The van der Waals surface area contributed by atoms with E-state index in [1.165, 1.54) is 0 Å². The summed E-state index contributed by atoms with van der Waals surface area (Å²) in [7, 11) is 0. The van der Waals surface area contributed by atoms with Gasteiger partial charge in [0, 0.05) is 24.0 Å². The van der Waals surface area contributed by atoms with Gasteiger partial charge in [-0.1, -0.05) is 18.2 Å². The molecule has 28 heavy (non-hydrogen) atoms. The zero-order valence-corrected chi connectivity index (χ0v) is 15.8. The van der Waals surface area contributed by atoms with Crippen molar-refractivity contribution in [1.29, 1.82) is 0 Å². The first-order valence-electron chi connectivity index (χ1n) is 9.53. The third-order valence-electron chi connectivity index (χ3n) is 4.90. The largest absolute Gasteiger partial charge is 0.484 e. The number of benzene rings is 1. The molecule has 1 amide bonds. The van der Waals surface area contributed by atoms with Gasteiger partial charge >= 0.3 is 0 Å². The van der Waals surface area contributed by atoms with Gasteiger partial charge < -0.3 is 9.64 Å². The average molecular weight is 377 g/mol. The first kappa shape index (κ1) is 18.2. The highest BCUT2D eigenvalue weighted by Gasteiger charge is 2.30. The summed E-state index contributed by atoms with van der Waals surface area (Å²) >= 11 is 0. The Kier molecular flexibility index (Phi) is 5.32. The summed E-state index contributed by atoms with van der Waals surface area (Å²) in [6.07, 6.45) is 4.65. The van der Waals surface area contributed by atoms with Crippen LogP contribution in [0.2, 0.25) is 0 Å². The van der Waals surface area contributed by atoms with Crippen LogP contribution in [0.1, 0.15) is 36.8 Å². The fraction of sp³-hybridized carbons (Fsp3) is 0.333. The zero-order valence-electron chi connectivity index (χ0n) is 15.8. The van der Waals surface area contributed by atoms with Crippen molar-refractivity contribution in [3.05, 3.63) is 60.2 Å². The molecule has 1 N–H and O–H groups in total. The highest BCUT2D eigenvalue weighted by Crippen LogP contribution is 2.30. The van der Waals surface area contributed by atoms with Gasteiger partial charge in [-0.2, -0.15) is 5.10 Å². The van der Waals surface area contributed by atoms with E-state index in [0.717, 1.165) is 36.3 Å². The molecule has 3 heterocycles. The molecule has 2 aromatic heterocycles. The van der Waals surface area contributed by atoms with Crippen LogP contribution in [0.15, 0.2) is 48.7 Å². The lowest BCUT2D eigenvalue weighted by atomic mass is 10.0. The maximum absolute atomic E-state index is 12.8. The van der Waals surface area contributed by atoms with E-state index >= 15 is 0 Å². The van der Waals surface area contributed by atoms with E-state index in [0.29, 0.717) is 18.1 Å². The summed E-state index contributed by atoms with van der Waals surface area (Å²) in [6, 6.07) is 13.1. The van der Waals surface area contributed by atoms with Crippen LogP contribution in [0.3, 0.4) is 0 Å². The van der Waals surface area contributed by atoms with Crippen LogP contribution in [0.4, 0.5) is 0 Å². The lowest BCUT2D eigenvalue weighted by molar-refractivity contribution is -0.137. The lowest BCUT2D eigenvalue weighted by Crippen LogP contribution is -2.41. The van der Waals surface area contributed by atoms with Gasteiger partial charge in [0.05, 0.1) is 6.04 Å². The number of rotatable bonds is 5. The van der Waals surface area contributed by atoms with E-state index in [9.17, 15) is 4.79 Å². The average Bonchev–Trinajstić information content (AvgIpc) is 3.23. The summed E-state index contributed by atoms with van der Waals surface area (Å²) in [4.78, 5) is 23.5. The number of hydrogen-bond acceptors (Lipinski definition) is 5. The molecule has 1 aliphatic heterocycles. The highest BCUT2D eigenvalue weighted by molar-refractivity contribution is 5.78. The Hall–Kier alpha value is -3.22. The second-order valence-electron chi connectivity index (χ2n) is 6.93. The number of para-hydroxylation sites is 1. The number of ether oxygens (including phenoxy) is 1. The molecule has 4 rings (SSSR count). The number of pyridine rings is 1. The minimum absolute atomic E-state index is 0.0189. The zero-order chi connectivity index (χ0) is 19.3. The fourth-order valence-electron chi connectivity index (χ4n) is 3.50. The molecule has 144 valence electrons. The Balaban J connectivity index is 1.48. The highest BCUT2D eigenvalue weighted by atomic mass is 16.5. The molecule has 7 nitrogen and oxygen atoms in total. The van der Waals surface area contributed by atoms with Gasteiger partial charge in [-0.05, 0) is 50.5 Å².